The number of benzene rings is 2. The maximum atomic E-state index is 2.36. The summed E-state index contributed by atoms with van der Waals surface area (Å²) in [6, 6.07) is 19.5. The van der Waals surface area contributed by atoms with Crippen LogP contribution in [-0.2, 0) is 18.9 Å². The van der Waals surface area contributed by atoms with Gasteiger partial charge < -0.3 is 4.57 Å². The van der Waals surface area contributed by atoms with Gasteiger partial charge in [0.1, 0.15) is 0 Å². The molecular formula is C20H23N. The van der Waals surface area contributed by atoms with Gasteiger partial charge in [0.25, 0.3) is 0 Å². The molecule has 0 aliphatic carbocycles. The van der Waals surface area contributed by atoms with E-state index in [0.29, 0.717) is 0 Å². The Balaban J connectivity index is 1.89. The second-order valence-electron chi connectivity index (χ2n) is 6.54. The summed E-state index contributed by atoms with van der Waals surface area (Å²) < 4.78 is 2.24. The van der Waals surface area contributed by atoms with Gasteiger partial charge in [-0.25, -0.2) is 0 Å². The summed E-state index contributed by atoms with van der Waals surface area (Å²) in [6.07, 6.45) is 4.58. The van der Waals surface area contributed by atoms with Crippen LogP contribution in [0, 0.1) is 0 Å². The predicted molar refractivity (Wildman–Crippen MR) is 90.7 cm³/mol. The van der Waals surface area contributed by atoms with Crippen LogP contribution in [0.5, 0.6) is 0 Å². The van der Waals surface area contributed by atoms with Crippen LogP contribution in [0.15, 0.2) is 60.8 Å². The van der Waals surface area contributed by atoms with Gasteiger partial charge in [0, 0.05) is 24.1 Å². The SMILES string of the molecule is Cn1cc(C(C)(C)CCc2ccccc2)c2ccccc21. The fourth-order valence-electron chi connectivity index (χ4n) is 3.12. The van der Waals surface area contributed by atoms with Crippen LogP contribution in [-0.4, -0.2) is 4.57 Å². The fraction of sp³-hybridized carbons (Fsp3) is 0.300. The highest BCUT2D eigenvalue weighted by Crippen LogP contribution is 2.34. The number of aromatic nitrogens is 1. The Morgan fingerprint density at radius 1 is 0.905 bits per heavy atom. The average molecular weight is 277 g/mol. The van der Waals surface area contributed by atoms with Crippen molar-refractivity contribution in [3.63, 3.8) is 0 Å². The molecule has 0 fully saturated rings. The maximum absolute atomic E-state index is 2.36. The summed E-state index contributed by atoms with van der Waals surface area (Å²) in [5.74, 6) is 0. The molecule has 1 aromatic heterocycles. The summed E-state index contributed by atoms with van der Waals surface area (Å²) in [7, 11) is 2.14. The van der Waals surface area contributed by atoms with Crippen molar-refractivity contribution in [2.75, 3.05) is 0 Å². The molecule has 0 bridgehead atoms. The highest BCUT2D eigenvalue weighted by Gasteiger charge is 2.24. The summed E-state index contributed by atoms with van der Waals surface area (Å²) in [4.78, 5) is 0. The van der Waals surface area contributed by atoms with E-state index in [0.717, 1.165) is 12.8 Å². The maximum Gasteiger partial charge on any atom is 0.0480 e. The minimum atomic E-state index is 0.177. The largest absolute Gasteiger partial charge is 0.350 e. The van der Waals surface area contributed by atoms with E-state index in [9.17, 15) is 0 Å². The summed E-state index contributed by atoms with van der Waals surface area (Å²) in [6.45, 7) is 4.72. The molecule has 0 atom stereocenters. The Labute approximate surface area is 127 Å². The first-order valence-corrected chi connectivity index (χ1v) is 7.66. The van der Waals surface area contributed by atoms with Crippen molar-refractivity contribution >= 4 is 10.9 Å². The molecule has 2 aromatic carbocycles. The van der Waals surface area contributed by atoms with Gasteiger partial charge in [-0.2, -0.15) is 0 Å². The number of rotatable bonds is 4. The highest BCUT2D eigenvalue weighted by atomic mass is 14.9. The number of hydrogen-bond donors (Lipinski definition) is 0. The third-order valence-electron chi connectivity index (χ3n) is 4.51. The zero-order valence-corrected chi connectivity index (χ0v) is 13.1. The third-order valence-corrected chi connectivity index (χ3v) is 4.51. The molecule has 0 amide bonds. The van der Waals surface area contributed by atoms with Crippen molar-refractivity contribution in [1.82, 2.24) is 4.57 Å². The van der Waals surface area contributed by atoms with Gasteiger partial charge >= 0.3 is 0 Å². The van der Waals surface area contributed by atoms with Crippen molar-refractivity contribution in [3.8, 4) is 0 Å². The monoisotopic (exact) mass is 277 g/mol. The molecule has 0 N–H and O–H groups in total. The first-order chi connectivity index (χ1) is 10.1. The van der Waals surface area contributed by atoms with Gasteiger partial charge in [-0.15, -0.1) is 0 Å². The number of fused-ring (bicyclic) bond motifs is 1. The molecular weight excluding hydrogens is 254 g/mol. The number of hydrogen-bond acceptors (Lipinski definition) is 0. The van der Waals surface area contributed by atoms with Crippen LogP contribution in [0.1, 0.15) is 31.4 Å². The van der Waals surface area contributed by atoms with E-state index in [2.05, 4.69) is 86.3 Å². The van der Waals surface area contributed by atoms with Gasteiger partial charge in [-0.05, 0) is 35.4 Å². The van der Waals surface area contributed by atoms with Gasteiger partial charge in [0.15, 0.2) is 0 Å². The molecule has 0 spiro atoms. The number of nitrogens with zero attached hydrogens (tertiary/aromatic N) is 1. The standard InChI is InChI=1S/C20H23N/c1-20(2,14-13-16-9-5-4-6-10-16)18-15-21(3)19-12-8-7-11-17(18)19/h4-12,15H,13-14H2,1-3H3. The summed E-state index contributed by atoms with van der Waals surface area (Å²) in [5, 5.41) is 1.39. The van der Waals surface area contributed by atoms with Crippen LogP contribution in [0.2, 0.25) is 0 Å². The second-order valence-corrected chi connectivity index (χ2v) is 6.54. The summed E-state index contributed by atoms with van der Waals surface area (Å²) in [5.41, 5.74) is 4.37. The molecule has 21 heavy (non-hydrogen) atoms. The normalized spacial score (nSPS) is 12.0. The fourth-order valence-corrected chi connectivity index (χ4v) is 3.12. The molecule has 1 nitrogen and oxygen atoms in total. The van der Waals surface area contributed by atoms with Crippen LogP contribution in [0.4, 0.5) is 0 Å². The zero-order chi connectivity index (χ0) is 14.9. The third kappa shape index (κ3) is 2.73. The van der Waals surface area contributed by atoms with E-state index in [1.807, 2.05) is 0 Å². The molecule has 1 heteroatoms. The van der Waals surface area contributed by atoms with E-state index in [1.165, 1.54) is 22.0 Å². The van der Waals surface area contributed by atoms with E-state index in [4.69, 9.17) is 0 Å². The lowest BCUT2D eigenvalue weighted by Crippen LogP contribution is -2.17. The van der Waals surface area contributed by atoms with Crippen LogP contribution in [0.3, 0.4) is 0 Å². The first-order valence-electron chi connectivity index (χ1n) is 7.66. The van der Waals surface area contributed by atoms with Gasteiger partial charge in [-0.1, -0.05) is 62.4 Å². The summed E-state index contributed by atoms with van der Waals surface area (Å²) >= 11 is 0. The first kappa shape index (κ1) is 13.9. The minimum Gasteiger partial charge on any atom is -0.350 e. The van der Waals surface area contributed by atoms with Crippen molar-refractivity contribution in [2.45, 2.75) is 32.1 Å². The van der Waals surface area contributed by atoms with Crippen molar-refractivity contribution < 1.29 is 0 Å². The van der Waals surface area contributed by atoms with Crippen LogP contribution in [0.25, 0.3) is 10.9 Å². The van der Waals surface area contributed by atoms with Gasteiger partial charge in [0.2, 0.25) is 0 Å². The van der Waals surface area contributed by atoms with Crippen molar-refractivity contribution in [1.29, 1.82) is 0 Å². The predicted octanol–water partition coefficient (Wildman–Crippen LogP) is 5.09. The molecule has 0 unspecified atom stereocenters. The Bertz CT molecular complexity index is 735. The molecule has 1 heterocycles. The minimum absolute atomic E-state index is 0.177. The van der Waals surface area contributed by atoms with Crippen LogP contribution < -0.4 is 0 Å². The quantitative estimate of drug-likeness (QED) is 0.626. The lowest BCUT2D eigenvalue weighted by Gasteiger charge is -2.24. The molecule has 108 valence electrons. The van der Waals surface area contributed by atoms with Crippen LogP contribution >= 0.6 is 0 Å². The lowest BCUT2D eigenvalue weighted by atomic mass is 9.79. The molecule has 0 aliphatic rings. The van der Waals surface area contributed by atoms with Gasteiger partial charge in [-0.3, -0.25) is 0 Å². The lowest BCUT2D eigenvalue weighted by molar-refractivity contribution is 0.483. The van der Waals surface area contributed by atoms with Gasteiger partial charge in [0.05, 0.1) is 0 Å². The number of aryl methyl sites for hydroxylation is 2. The number of para-hydroxylation sites is 1. The van der Waals surface area contributed by atoms with E-state index in [1.54, 1.807) is 0 Å². The molecule has 0 saturated carbocycles. The van der Waals surface area contributed by atoms with E-state index >= 15 is 0 Å². The Kier molecular flexibility index (Phi) is 3.59. The zero-order valence-electron chi connectivity index (χ0n) is 13.1. The Morgan fingerprint density at radius 2 is 1.57 bits per heavy atom. The van der Waals surface area contributed by atoms with E-state index < -0.39 is 0 Å². The molecule has 0 aliphatic heterocycles. The smallest absolute Gasteiger partial charge is 0.0480 e. The molecule has 0 radical (unpaired) electrons. The molecule has 3 rings (SSSR count). The van der Waals surface area contributed by atoms with E-state index in [-0.39, 0.29) is 5.41 Å². The highest BCUT2D eigenvalue weighted by molar-refractivity contribution is 5.84. The molecule has 3 aromatic rings. The Morgan fingerprint density at radius 3 is 2.33 bits per heavy atom. The topological polar surface area (TPSA) is 4.93 Å². The molecule has 0 saturated heterocycles. The van der Waals surface area contributed by atoms with Crippen molar-refractivity contribution in [2.24, 2.45) is 7.05 Å². The average Bonchev–Trinajstić information content (AvgIpc) is 2.85. The Hall–Kier alpha value is -2.02. The second kappa shape index (κ2) is 5.40. The van der Waals surface area contributed by atoms with Crippen molar-refractivity contribution in [3.05, 3.63) is 71.9 Å².